The molecular weight excluding hydrogens is 378 g/mol. The van der Waals surface area contributed by atoms with Crippen molar-refractivity contribution in [2.75, 3.05) is 7.11 Å². The minimum atomic E-state index is -0.339. The molecule has 0 saturated carbocycles. The SMILES string of the molecule is COC(=O)c1cc(Br)ccc1-c1cccc2c1c1ccccc1n2C. The number of hydrogen-bond donors (Lipinski definition) is 0. The molecule has 1 heterocycles. The van der Waals surface area contributed by atoms with Gasteiger partial charge in [0.2, 0.25) is 0 Å². The number of rotatable bonds is 2. The van der Waals surface area contributed by atoms with Gasteiger partial charge in [-0.15, -0.1) is 0 Å². The first-order valence-corrected chi connectivity index (χ1v) is 8.75. The van der Waals surface area contributed by atoms with Crippen molar-refractivity contribution in [2.45, 2.75) is 0 Å². The van der Waals surface area contributed by atoms with Gasteiger partial charge in [-0.1, -0.05) is 52.3 Å². The second kappa shape index (κ2) is 6.05. The minimum absolute atomic E-state index is 0.339. The lowest BCUT2D eigenvalue weighted by atomic mass is 9.95. The number of benzene rings is 3. The molecule has 0 fully saturated rings. The molecule has 0 saturated heterocycles. The van der Waals surface area contributed by atoms with Gasteiger partial charge in [0.25, 0.3) is 0 Å². The van der Waals surface area contributed by atoms with E-state index in [1.54, 1.807) is 0 Å². The van der Waals surface area contributed by atoms with Gasteiger partial charge < -0.3 is 9.30 Å². The molecule has 124 valence electrons. The average molecular weight is 394 g/mol. The maximum absolute atomic E-state index is 12.3. The van der Waals surface area contributed by atoms with Gasteiger partial charge >= 0.3 is 5.97 Å². The Bertz CT molecular complexity index is 1130. The fourth-order valence-corrected chi connectivity index (χ4v) is 3.83. The normalized spacial score (nSPS) is 11.2. The van der Waals surface area contributed by atoms with Crippen LogP contribution in [0.25, 0.3) is 32.9 Å². The van der Waals surface area contributed by atoms with Gasteiger partial charge in [0, 0.05) is 33.3 Å². The molecule has 0 aliphatic rings. The third-order valence-electron chi connectivity index (χ3n) is 4.62. The lowest BCUT2D eigenvalue weighted by Gasteiger charge is -2.11. The van der Waals surface area contributed by atoms with Crippen molar-refractivity contribution in [2.24, 2.45) is 7.05 Å². The number of fused-ring (bicyclic) bond motifs is 3. The molecule has 25 heavy (non-hydrogen) atoms. The van der Waals surface area contributed by atoms with E-state index in [1.165, 1.54) is 18.0 Å². The van der Waals surface area contributed by atoms with Crippen molar-refractivity contribution in [1.29, 1.82) is 0 Å². The maximum atomic E-state index is 12.3. The molecule has 0 atom stereocenters. The van der Waals surface area contributed by atoms with Crippen molar-refractivity contribution in [3.63, 3.8) is 0 Å². The number of para-hydroxylation sites is 1. The van der Waals surface area contributed by atoms with E-state index in [4.69, 9.17) is 4.74 Å². The van der Waals surface area contributed by atoms with Gasteiger partial charge in [0.15, 0.2) is 0 Å². The fourth-order valence-electron chi connectivity index (χ4n) is 3.46. The number of ether oxygens (including phenoxy) is 1. The van der Waals surface area contributed by atoms with Crippen molar-refractivity contribution in [3.8, 4) is 11.1 Å². The number of aromatic nitrogens is 1. The maximum Gasteiger partial charge on any atom is 0.338 e. The Hall–Kier alpha value is -2.59. The summed E-state index contributed by atoms with van der Waals surface area (Å²) in [7, 11) is 3.47. The molecule has 0 radical (unpaired) electrons. The van der Waals surface area contributed by atoms with Crippen molar-refractivity contribution < 1.29 is 9.53 Å². The standard InChI is InChI=1S/C21H16BrNO2/c1-23-18-8-4-3-6-16(18)20-15(7-5-9-19(20)23)14-11-10-13(22)12-17(14)21(24)25-2/h3-12H,1-2H3. The summed E-state index contributed by atoms with van der Waals surface area (Å²) in [5.74, 6) is -0.339. The molecule has 4 heteroatoms. The van der Waals surface area contributed by atoms with Gasteiger partial charge in [0.1, 0.15) is 0 Å². The van der Waals surface area contributed by atoms with Crippen LogP contribution in [0, 0.1) is 0 Å². The third-order valence-corrected chi connectivity index (χ3v) is 5.11. The van der Waals surface area contributed by atoms with E-state index < -0.39 is 0 Å². The molecule has 0 N–H and O–H groups in total. The summed E-state index contributed by atoms with van der Waals surface area (Å²) in [6.45, 7) is 0. The number of carbonyl (C=O) groups is 1. The lowest BCUT2D eigenvalue weighted by Crippen LogP contribution is -2.03. The molecule has 0 aliphatic heterocycles. The Morgan fingerprint density at radius 1 is 0.960 bits per heavy atom. The summed E-state index contributed by atoms with van der Waals surface area (Å²) < 4.78 is 8.03. The van der Waals surface area contributed by atoms with E-state index in [0.717, 1.165) is 26.5 Å². The average Bonchev–Trinajstić information content (AvgIpc) is 2.94. The summed E-state index contributed by atoms with van der Waals surface area (Å²) in [4.78, 5) is 12.3. The van der Waals surface area contributed by atoms with Crippen molar-refractivity contribution >= 4 is 43.7 Å². The van der Waals surface area contributed by atoms with E-state index in [1.807, 2.05) is 36.4 Å². The molecule has 0 unspecified atom stereocenters. The quantitative estimate of drug-likeness (QED) is 0.418. The van der Waals surface area contributed by atoms with E-state index in [-0.39, 0.29) is 5.97 Å². The molecular formula is C21H16BrNO2. The van der Waals surface area contributed by atoms with Crippen LogP contribution in [0.3, 0.4) is 0 Å². The monoisotopic (exact) mass is 393 g/mol. The number of carbonyl (C=O) groups excluding carboxylic acids is 1. The van der Waals surface area contributed by atoms with Crippen LogP contribution in [0.15, 0.2) is 65.1 Å². The number of aryl methyl sites for hydroxylation is 1. The van der Waals surface area contributed by atoms with Crippen molar-refractivity contribution in [3.05, 3.63) is 70.7 Å². The van der Waals surface area contributed by atoms with Crippen LogP contribution in [-0.4, -0.2) is 17.6 Å². The van der Waals surface area contributed by atoms with Gasteiger partial charge in [-0.2, -0.15) is 0 Å². The van der Waals surface area contributed by atoms with Gasteiger partial charge in [-0.05, 0) is 35.4 Å². The molecule has 0 aliphatic carbocycles. The highest BCUT2D eigenvalue weighted by Gasteiger charge is 2.18. The highest BCUT2D eigenvalue weighted by Crippen LogP contribution is 2.38. The number of esters is 1. The minimum Gasteiger partial charge on any atom is -0.465 e. The van der Waals surface area contributed by atoms with Gasteiger partial charge in [-0.3, -0.25) is 0 Å². The van der Waals surface area contributed by atoms with Crippen LogP contribution in [0.4, 0.5) is 0 Å². The zero-order valence-electron chi connectivity index (χ0n) is 13.9. The van der Waals surface area contributed by atoms with E-state index in [2.05, 4.69) is 51.8 Å². The molecule has 4 aromatic rings. The Balaban J connectivity index is 2.13. The Kier molecular flexibility index (Phi) is 3.85. The van der Waals surface area contributed by atoms with E-state index in [0.29, 0.717) is 5.56 Å². The van der Waals surface area contributed by atoms with Crippen LogP contribution in [-0.2, 0) is 11.8 Å². The van der Waals surface area contributed by atoms with Gasteiger partial charge in [-0.25, -0.2) is 4.79 Å². The highest BCUT2D eigenvalue weighted by atomic mass is 79.9. The molecule has 4 rings (SSSR count). The predicted molar refractivity (Wildman–Crippen MR) is 105 cm³/mol. The number of halogens is 1. The van der Waals surface area contributed by atoms with Crippen LogP contribution in [0.2, 0.25) is 0 Å². The van der Waals surface area contributed by atoms with E-state index in [9.17, 15) is 4.79 Å². The zero-order chi connectivity index (χ0) is 17.6. The number of methoxy groups -OCH3 is 1. The van der Waals surface area contributed by atoms with Crippen molar-refractivity contribution in [1.82, 2.24) is 4.57 Å². The first-order chi connectivity index (χ1) is 12.1. The predicted octanol–water partition coefficient (Wildman–Crippen LogP) is 5.55. The largest absolute Gasteiger partial charge is 0.465 e. The zero-order valence-corrected chi connectivity index (χ0v) is 15.5. The Morgan fingerprint density at radius 2 is 1.72 bits per heavy atom. The van der Waals surface area contributed by atoms with Crippen LogP contribution in [0.5, 0.6) is 0 Å². The van der Waals surface area contributed by atoms with E-state index >= 15 is 0 Å². The Morgan fingerprint density at radius 3 is 2.52 bits per heavy atom. The molecule has 3 aromatic carbocycles. The summed E-state index contributed by atoms with van der Waals surface area (Å²) in [5, 5.41) is 2.32. The molecule has 0 spiro atoms. The lowest BCUT2D eigenvalue weighted by molar-refractivity contribution is 0.0601. The topological polar surface area (TPSA) is 31.2 Å². The molecule has 3 nitrogen and oxygen atoms in total. The Labute approximate surface area is 154 Å². The van der Waals surface area contributed by atoms with Crippen LogP contribution in [0.1, 0.15) is 10.4 Å². The first kappa shape index (κ1) is 15.9. The number of hydrogen-bond acceptors (Lipinski definition) is 2. The second-order valence-electron chi connectivity index (χ2n) is 5.96. The smallest absolute Gasteiger partial charge is 0.338 e. The summed E-state index contributed by atoms with van der Waals surface area (Å²) >= 11 is 3.45. The van der Waals surface area contributed by atoms with Crippen LogP contribution < -0.4 is 0 Å². The number of nitrogens with zero attached hydrogens (tertiary/aromatic N) is 1. The third kappa shape index (κ3) is 2.45. The molecule has 0 bridgehead atoms. The summed E-state index contributed by atoms with van der Waals surface area (Å²) in [5.41, 5.74) is 4.76. The first-order valence-electron chi connectivity index (χ1n) is 7.96. The second-order valence-corrected chi connectivity index (χ2v) is 6.87. The summed E-state index contributed by atoms with van der Waals surface area (Å²) in [6, 6.07) is 20.2. The van der Waals surface area contributed by atoms with Crippen LogP contribution >= 0.6 is 15.9 Å². The molecule has 0 amide bonds. The molecule has 1 aromatic heterocycles. The highest BCUT2D eigenvalue weighted by molar-refractivity contribution is 9.10. The summed E-state index contributed by atoms with van der Waals surface area (Å²) in [6.07, 6.45) is 0. The fraction of sp³-hybridized carbons (Fsp3) is 0.0952. The van der Waals surface area contributed by atoms with Gasteiger partial charge in [0.05, 0.1) is 12.7 Å².